The highest BCUT2D eigenvalue weighted by Crippen LogP contribution is 2.26. The molecule has 3 nitrogen and oxygen atoms in total. The van der Waals surface area contributed by atoms with Crippen LogP contribution in [0.4, 0.5) is 0 Å². The van der Waals surface area contributed by atoms with E-state index in [2.05, 4.69) is 19.2 Å². The first-order valence-electron chi connectivity index (χ1n) is 5.55. The molecule has 0 bridgehead atoms. The molecule has 0 aromatic rings. The SMILES string of the molecule is CC(C)NC1CCC(CC(=O)O)CC1. The van der Waals surface area contributed by atoms with Crippen LogP contribution >= 0.6 is 0 Å². The largest absolute Gasteiger partial charge is 0.481 e. The maximum atomic E-state index is 10.5. The maximum absolute atomic E-state index is 10.5. The molecule has 2 N–H and O–H groups in total. The van der Waals surface area contributed by atoms with Crippen LogP contribution in [0.25, 0.3) is 0 Å². The zero-order valence-corrected chi connectivity index (χ0v) is 9.12. The normalized spacial score (nSPS) is 27.9. The molecule has 14 heavy (non-hydrogen) atoms. The molecule has 1 aliphatic carbocycles. The molecule has 0 unspecified atom stereocenters. The Labute approximate surface area is 85.9 Å². The Balaban J connectivity index is 2.21. The van der Waals surface area contributed by atoms with Gasteiger partial charge in [-0.1, -0.05) is 13.8 Å². The van der Waals surface area contributed by atoms with Crippen molar-refractivity contribution >= 4 is 5.97 Å². The van der Waals surface area contributed by atoms with E-state index in [1.165, 1.54) is 0 Å². The lowest BCUT2D eigenvalue weighted by molar-refractivity contribution is -0.138. The van der Waals surface area contributed by atoms with Crippen molar-refractivity contribution in [2.75, 3.05) is 0 Å². The maximum Gasteiger partial charge on any atom is 0.303 e. The van der Waals surface area contributed by atoms with E-state index in [0.717, 1.165) is 25.7 Å². The van der Waals surface area contributed by atoms with E-state index in [1.807, 2.05) is 0 Å². The van der Waals surface area contributed by atoms with Gasteiger partial charge in [-0.2, -0.15) is 0 Å². The van der Waals surface area contributed by atoms with Crippen molar-refractivity contribution in [3.63, 3.8) is 0 Å². The van der Waals surface area contributed by atoms with E-state index in [4.69, 9.17) is 5.11 Å². The van der Waals surface area contributed by atoms with Gasteiger partial charge in [0.1, 0.15) is 0 Å². The van der Waals surface area contributed by atoms with Gasteiger partial charge in [-0.3, -0.25) is 4.79 Å². The number of hydrogen-bond acceptors (Lipinski definition) is 2. The Morgan fingerprint density at radius 3 is 2.36 bits per heavy atom. The third kappa shape index (κ3) is 4.09. The topological polar surface area (TPSA) is 49.3 Å². The summed E-state index contributed by atoms with van der Waals surface area (Å²) in [5.74, 6) is -0.233. The van der Waals surface area contributed by atoms with Crippen LogP contribution in [-0.2, 0) is 4.79 Å². The lowest BCUT2D eigenvalue weighted by Gasteiger charge is -2.29. The molecule has 0 spiro atoms. The molecule has 1 aliphatic rings. The minimum Gasteiger partial charge on any atom is -0.481 e. The van der Waals surface area contributed by atoms with E-state index in [1.54, 1.807) is 0 Å². The Morgan fingerprint density at radius 1 is 1.36 bits per heavy atom. The van der Waals surface area contributed by atoms with E-state index < -0.39 is 5.97 Å². The summed E-state index contributed by atoms with van der Waals surface area (Å²) in [6.45, 7) is 4.31. The summed E-state index contributed by atoms with van der Waals surface area (Å²) in [7, 11) is 0. The van der Waals surface area contributed by atoms with Crippen molar-refractivity contribution in [3.8, 4) is 0 Å². The molecule has 1 fully saturated rings. The number of nitrogens with one attached hydrogen (secondary N) is 1. The molecule has 0 radical (unpaired) electrons. The highest BCUT2D eigenvalue weighted by molar-refractivity contribution is 5.67. The first kappa shape index (κ1) is 11.5. The van der Waals surface area contributed by atoms with Crippen molar-refractivity contribution in [3.05, 3.63) is 0 Å². The van der Waals surface area contributed by atoms with Crippen LogP contribution in [0.2, 0.25) is 0 Å². The molecule has 0 atom stereocenters. The number of carboxylic acid groups (broad SMARTS) is 1. The number of aliphatic carboxylic acids is 1. The van der Waals surface area contributed by atoms with Crippen LogP contribution < -0.4 is 5.32 Å². The number of carbonyl (C=O) groups is 1. The quantitative estimate of drug-likeness (QED) is 0.728. The summed E-state index contributed by atoms with van der Waals surface area (Å²) in [4.78, 5) is 10.5. The summed E-state index contributed by atoms with van der Waals surface area (Å²) in [6.07, 6.45) is 4.76. The van der Waals surface area contributed by atoms with Gasteiger partial charge >= 0.3 is 5.97 Å². The van der Waals surface area contributed by atoms with E-state index in [0.29, 0.717) is 24.4 Å². The molecular weight excluding hydrogens is 178 g/mol. The Morgan fingerprint density at radius 2 is 1.93 bits per heavy atom. The van der Waals surface area contributed by atoms with Gasteiger partial charge in [0.2, 0.25) is 0 Å². The summed E-state index contributed by atoms with van der Waals surface area (Å²) >= 11 is 0. The molecule has 0 aliphatic heterocycles. The first-order chi connectivity index (χ1) is 6.58. The number of carboxylic acids is 1. The molecule has 0 heterocycles. The number of hydrogen-bond donors (Lipinski definition) is 2. The van der Waals surface area contributed by atoms with Gasteiger partial charge in [-0.25, -0.2) is 0 Å². The lowest BCUT2D eigenvalue weighted by atomic mass is 9.84. The minimum absolute atomic E-state index is 0.356. The fourth-order valence-corrected chi connectivity index (χ4v) is 2.25. The highest BCUT2D eigenvalue weighted by atomic mass is 16.4. The molecule has 0 saturated heterocycles. The molecule has 0 amide bonds. The summed E-state index contributed by atoms with van der Waals surface area (Å²) in [6, 6.07) is 1.15. The molecule has 1 saturated carbocycles. The molecule has 0 aromatic heterocycles. The summed E-state index contributed by atoms with van der Waals surface area (Å²) < 4.78 is 0. The van der Waals surface area contributed by atoms with Gasteiger partial charge in [0, 0.05) is 18.5 Å². The van der Waals surface area contributed by atoms with Crippen LogP contribution in [0.15, 0.2) is 0 Å². The van der Waals surface area contributed by atoms with Crippen molar-refractivity contribution in [1.82, 2.24) is 5.32 Å². The van der Waals surface area contributed by atoms with Crippen molar-refractivity contribution < 1.29 is 9.90 Å². The highest BCUT2D eigenvalue weighted by Gasteiger charge is 2.22. The van der Waals surface area contributed by atoms with Gasteiger partial charge < -0.3 is 10.4 Å². The monoisotopic (exact) mass is 199 g/mol. The van der Waals surface area contributed by atoms with Gasteiger partial charge in [0.25, 0.3) is 0 Å². The third-order valence-electron chi connectivity index (χ3n) is 2.88. The Hall–Kier alpha value is -0.570. The van der Waals surface area contributed by atoms with Crippen LogP contribution in [0.3, 0.4) is 0 Å². The van der Waals surface area contributed by atoms with E-state index in [9.17, 15) is 4.79 Å². The predicted molar refractivity (Wildman–Crippen MR) is 56.3 cm³/mol. The van der Waals surface area contributed by atoms with Gasteiger partial charge in [0.05, 0.1) is 0 Å². The molecule has 3 heteroatoms. The summed E-state index contributed by atoms with van der Waals surface area (Å²) in [5.41, 5.74) is 0. The smallest absolute Gasteiger partial charge is 0.303 e. The van der Waals surface area contributed by atoms with Crippen LogP contribution in [0.1, 0.15) is 46.0 Å². The van der Waals surface area contributed by atoms with E-state index >= 15 is 0 Å². The fourth-order valence-electron chi connectivity index (χ4n) is 2.25. The average molecular weight is 199 g/mol. The van der Waals surface area contributed by atoms with Crippen molar-refractivity contribution in [2.45, 2.75) is 58.0 Å². The average Bonchev–Trinajstić information content (AvgIpc) is 2.06. The Bertz CT molecular complexity index is 184. The lowest BCUT2D eigenvalue weighted by Crippen LogP contribution is -2.37. The van der Waals surface area contributed by atoms with Gasteiger partial charge in [0.15, 0.2) is 0 Å². The Kier molecular flexibility index (Phi) is 4.39. The second-order valence-corrected chi connectivity index (χ2v) is 4.64. The molecular formula is C11H21NO2. The standard InChI is InChI=1S/C11H21NO2/c1-8(2)12-10-5-3-9(4-6-10)7-11(13)14/h8-10,12H,3-7H2,1-2H3,(H,13,14). The first-order valence-corrected chi connectivity index (χ1v) is 5.55. The minimum atomic E-state index is -0.648. The third-order valence-corrected chi connectivity index (χ3v) is 2.88. The second kappa shape index (κ2) is 5.35. The summed E-state index contributed by atoms with van der Waals surface area (Å²) in [5, 5.41) is 12.2. The second-order valence-electron chi connectivity index (χ2n) is 4.64. The zero-order valence-electron chi connectivity index (χ0n) is 9.12. The van der Waals surface area contributed by atoms with Gasteiger partial charge in [-0.05, 0) is 31.6 Å². The predicted octanol–water partition coefficient (Wildman–Crippen LogP) is 2.02. The van der Waals surface area contributed by atoms with E-state index in [-0.39, 0.29) is 0 Å². The molecule has 82 valence electrons. The number of rotatable bonds is 4. The van der Waals surface area contributed by atoms with Crippen molar-refractivity contribution in [1.29, 1.82) is 0 Å². The zero-order chi connectivity index (χ0) is 10.6. The van der Waals surface area contributed by atoms with Crippen molar-refractivity contribution in [2.24, 2.45) is 5.92 Å². The van der Waals surface area contributed by atoms with Crippen LogP contribution in [0, 0.1) is 5.92 Å². The molecule has 0 aromatic carbocycles. The van der Waals surface area contributed by atoms with Gasteiger partial charge in [-0.15, -0.1) is 0 Å². The van der Waals surface area contributed by atoms with Crippen LogP contribution in [-0.4, -0.2) is 23.2 Å². The van der Waals surface area contributed by atoms with Crippen LogP contribution in [0.5, 0.6) is 0 Å². The fraction of sp³-hybridized carbons (Fsp3) is 0.909. The molecule has 1 rings (SSSR count).